The van der Waals surface area contributed by atoms with E-state index in [4.69, 9.17) is 4.74 Å². The van der Waals surface area contributed by atoms with E-state index in [1.54, 1.807) is 12.4 Å². The van der Waals surface area contributed by atoms with Crippen LogP contribution in [-0.2, 0) is 4.74 Å². The fraction of sp³-hybridized carbons (Fsp3) is 0.714. The van der Waals surface area contributed by atoms with E-state index < -0.39 is 0 Å². The molecule has 0 aliphatic carbocycles. The van der Waals surface area contributed by atoms with E-state index in [9.17, 15) is 0 Å². The standard InChI is InChI=1S/C14H25N3O/c1-5-14(6-2,18-8-4)13(16-7-3)12-11-15-9-10-17-12/h9-11,13,16H,5-8H2,1-4H3. The summed E-state index contributed by atoms with van der Waals surface area (Å²) in [6, 6.07) is 0.0890. The molecule has 4 heteroatoms. The van der Waals surface area contributed by atoms with Gasteiger partial charge in [0.2, 0.25) is 0 Å². The van der Waals surface area contributed by atoms with Crippen LogP contribution in [0.1, 0.15) is 52.3 Å². The summed E-state index contributed by atoms with van der Waals surface area (Å²) in [5, 5.41) is 3.50. The number of likely N-dealkylation sites (N-methyl/N-ethyl adjacent to an activating group) is 1. The molecule has 1 aromatic heterocycles. The number of ether oxygens (including phenoxy) is 1. The molecule has 0 spiro atoms. The van der Waals surface area contributed by atoms with Crippen molar-refractivity contribution in [3.63, 3.8) is 0 Å². The molecule has 1 heterocycles. The monoisotopic (exact) mass is 251 g/mol. The summed E-state index contributed by atoms with van der Waals surface area (Å²) in [6.07, 6.45) is 7.16. The lowest BCUT2D eigenvalue weighted by atomic mass is 9.86. The maximum atomic E-state index is 6.07. The molecule has 1 N–H and O–H groups in total. The van der Waals surface area contributed by atoms with Crippen LogP contribution < -0.4 is 5.32 Å². The lowest BCUT2D eigenvalue weighted by molar-refractivity contribution is -0.0740. The van der Waals surface area contributed by atoms with Crippen LogP contribution >= 0.6 is 0 Å². The lowest BCUT2D eigenvalue weighted by Gasteiger charge is -2.39. The van der Waals surface area contributed by atoms with Crippen LogP contribution in [0.2, 0.25) is 0 Å². The van der Waals surface area contributed by atoms with Crippen LogP contribution in [0.3, 0.4) is 0 Å². The van der Waals surface area contributed by atoms with Gasteiger partial charge in [-0.3, -0.25) is 9.97 Å². The van der Waals surface area contributed by atoms with Crippen molar-refractivity contribution in [2.45, 2.75) is 52.2 Å². The van der Waals surface area contributed by atoms with E-state index >= 15 is 0 Å². The van der Waals surface area contributed by atoms with Crippen LogP contribution in [0, 0.1) is 0 Å². The Bertz CT molecular complexity index is 325. The third-order valence-electron chi connectivity index (χ3n) is 3.44. The van der Waals surface area contributed by atoms with Gasteiger partial charge in [-0.05, 0) is 26.3 Å². The first kappa shape index (κ1) is 15.1. The summed E-state index contributed by atoms with van der Waals surface area (Å²) in [6.45, 7) is 10.1. The molecule has 0 aliphatic rings. The molecule has 0 fully saturated rings. The van der Waals surface area contributed by atoms with E-state index in [-0.39, 0.29) is 11.6 Å². The molecule has 0 amide bonds. The van der Waals surface area contributed by atoms with E-state index in [1.165, 1.54) is 0 Å². The Hall–Kier alpha value is -1.00. The first-order valence-corrected chi connectivity index (χ1v) is 6.87. The number of rotatable bonds is 8. The van der Waals surface area contributed by atoms with Gasteiger partial charge in [0.25, 0.3) is 0 Å². The minimum absolute atomic E-state index is 0.0890. The molecular formula is C14H25N3O. The second-order valence-electron chi connectivity index (χ2n) is 4.33. The molecule has 18 heavy (non-hydrogen) atoms. The quantitative estimate of drug-likeness (QED) is 0.771. The highest BCUT2D eigenvalue weighted by Gasteiger charge is 2.38. The third kappa shape index (κ3) is 3.27. The first-order valence-electron chi connectivity index (χ1n) is 6.87. The fourth-order valence-corrected chi connectivity index (χ4v) is 2.46. The van der Waals surface area contributed by atoms with Gasteiger partial charge in [0.15, 0.2) is 0 Å². The predicted octanol–water partition coefficient (Wildman–Crippen LogP) is 2.72. The van der Waals surface area contributed by atoms with Crippen molar-refractivity contribution in [3.8, 4) is 0 Å². The van der Waals surface area contributed by atoms with Crippen LogP contribution in [-0.4, -0.2) is 28.7 Å². The Morgan fingerprint density at radius 2 is 1.94 bits per heavy atom. The van der Waals surface area contributed by atoms with Crippen molar-refractivity contribution in [1.29, 1.82) is 0 Å². The highest BCUT2D eigenvalue weighted by atomic mass is 16.5. The topological polar surface area (TPSA) is 47.0 Å². The van der Waals surface area contributed by atoms with Gasteiger partial charge in [-0.1, -0.05) is 20.8 Å². The van der Waals surface area contributed by atoms with Gasteiger partial charge in [-0.25, -0.2) is 0 Å². The average molecular weight is 251 g/mol. The molecule has 0 radical (unpaired) electrons. The maximum absolute atomic E-state index is 6.07. The van der Waals surface area contributed by atoms with Crippen LogP contribution in [0.25, 0.3) is 0 Å². The predicted molar refractivity (Wildman–Crippen MR) is 73.4 cm³/mol. The molecule has 0 aliphatic heterocycles. The van der Waals surface area contributed by atoms with Crippen molar-refractivity contribution in [2.75, 3.05) is 13.2 Å². The molecule has 1 atom stereocenters. The molecule has 0 aromatic carbocycles. The Kier molecular flexibility index (Phi) is 6.22. The second-order valence-corrected chi connectivity index (χ2v) is 4.33. The van der Waals surface area contributed by atoms with Gasteiger partial charge < -0.3 is 10.1 Å². The Morgan fingerprint density at radius 3 is 2.39 bits per heavy atom. The summed E-state index contributed by atoms with van der Waals surface area (Å²) in [5.74, 6) is 0. The Balaban J connectivity index is 3.08. The van der Waals surface area contributed by atoms with Gasteiger partial charge in [0, 0.05) is 19.0 Å². The summed E-state index contributed by atoms with van der Waals surface area (Å²) in [4.78, 5) is 8.61. The number of hydrogen-bond donors (Lipinski definition) is 1. The van der Waals surface area contributed by atoms with Gasteiger partial charge in [0.1, 0.15) is 0 Å². The molecule has 1 rings (SSSR count). The minimum atomic E-state index is -0.208. The number of hydrogen-bond acceptors (Lipinski definition) is 4. The van der Waals surface area contributed by atoms with Crippen molar-refractivity contribution in [2.24, 2.45) is 0 Å². The highest BCUT2D eigenvalue weighted by Crippen LogP contribution is 2.34. The Morgan fingerprint density at radius 1 is 1.22 bits per heavy atom. The molecule has 0 bridgehead atoms. The molecule has 0 saturated heterocycles. The summed E-state index contributed by atoms with van der Waals surface area (Å²) >= 11 is 0. The number of nitrogens with zero attached hydrogens (tertiary/aromatic N) is 2. The zero-order valence-corrected chi connectivity index (χ0v) is 11.9. The molecule has 0 saturated carbocycles. The fourth-order valence-electron chi connectivity index (χ4n) is 2.46. The van der Waals surface area contributed by atoms with Crippen molar-refractivity contribution in [3.05, 3.63) is 24.3 Å². The second kappa shape index (κ2) is 7.44. The number of aromatic nitrogens is 2. The molecular weight excluding hydrogens is 226 g/mol. The molecule has 4 nitrogen and oxygen atoms in total. The van der Waals surface area contributed by atoms with E-state index in [1.807, 2.05) is 13.1 Å². The zero-order chi connectivity index (χ0) is 13.4. The van der Waals surface area contributed by atoms with Crippen LogP contribution in [0.15, 0.2) is 18.6 Å². The first-order chi connectivity index (χ1) is 8.74. The van der Waals surface area contributed by atoms with Gasteiger partial charge in [-0.2, -0.15) is 0 Å². The van der Waals surface area contributed by atoms with Crippen LogP contribution in [0.5, 0.6) is 0 Å². The van der Waals surface area contributed by atoms with E-state index in [0.29, 0.717) is 6.61 Å². The van der Waals surface area contributed by atoms with E-state index in [0.717, 1.165) is 25.1 Å². The highest BCUT2D eigenvalue weighted by molar-refractivity contribution is 5.10. The minimum Gasteiger partial charge on any atom is -0.373 e. The van der Waals surface area contributed by atoms with Crippen LogP contribution in [0.4, 0.5) is 0 Å². The number of nitrogens with one attached hydrogen (secondary N) is 1. The summed E-state index contributed by atoms with van der Waals surface area (Å²) in [7, 11) is 0. The third-order valence-corrected chi connectivity index (χ3v) is 3.44. The zero-order valence-electron chi connectivity index (χ0n) is 11.9. The van der Waals surface area contributed by atoms with Gasteiger partial charge in [0.05, 0.1) is 23.5 Å². The smallest absolute Gasteiger partial charge is 0.0886 e. The SMILES string of the molecule is CCNC(c1cnccn1)C(CC)(CC)OCC. The average Bonchev–Trinajstić information content (AvgIpc) is 2.44. The van der Waals surface area contributed by atoms with Crippen molar-refractivity contribution < 1.29 is 4.74 Å². The molecule has 1 aromatic rings. The lowest BCUT2D eigenvalue weighted by Crippen LogP contribution is -2.46. The summed E-state index contributed by atoms with van der Waals surface area (Å²) < 4.78 is 6.07. The molecule has 102 valence electrons. The van der Waals surface area contributed by atoms with Crippen molar-refractivity contribution in [1.82, 2.24) is 15.3 Å². The van der Waals surface area contributed by atoms with E-state index in [2.05, 4.69) is 36.1 Å². The summed E-state index contributed by atoms with van der Waals surface area (Å²) in [5.41, 5.74) is 0.748. The maximum Gasteiger partial charge on any atom is 0.0886 e. The van der Waals surface area contributed by atoms with Gasteiger partial charge >= 0.3 is 0 Å². The van der Waals surface area contributed by atoms with Crippen molar-refractivity contribution >= 4 is 0 Å². The Labute approximate surface area is 110 Å². The van der Waals surface area contributed by atoms with Gasteiger partial charge in [-0.15, -0.1) is 0 Å². The largest absolute Gasteiger partial charge is 0.373 e. The molecule has 1 unspecified atom stereocenters. The normalized spacial score (nSPS) is 13.6.